The molecule has 0 aliphatic carbocycles. The van der Waals surface area contributed by atoms with Crippen molar-refractivity contribution < 1.29 is 0 Å². The molecule has 0 amide bonds. The van der Waals surface area contributed by atoms with E-state index >= 15 is 0 Å². The van der Waals surface area contributed by atoms with Gasteiger partial charge in [0.1, 0.15) is 0 Å². The molecular weight excluding hydrogens is 294 g/mol. The van der Waals surface area contributed by atoms with Crippen LogP contribution in [0.1, 0.15) is 43.9 Å². The predicted octanol–water partition coefficient (Wildman–Crippen LogP) is 3.90. The Hall–Kier alpha value is -1.32. The van der Waals surface area contributed by atoms with Crippen LogP contribution in [0.15, 0.2) is 24.3 Å². The van der Waals surface area contributed by atoms with Gasteiger partial charge in [0.25, 0.3) is 0 Å². The fraction of sp³-hybridized carbons (Fsp3) is 0.619. The van der Waals surface area contributed by atoms with Gasteiger partial charge in [0.2, 0.25) is 0 Å². The van der Waals surface area contributed by atoms with Crippen molar-refractivity contribution in [3.05, 3.63) is 35.5 Å². The van der Waals surface area contributed by atoms with E-state index in [1.54, 1.807) is 0 Å². The number of fused-ring (bicyclic) bond motifs is 1. The Bertz CT molecular complexity index is 678. The average Bonchev–Trinajstić information content (AvgIpc) is 2.82. The summed E-state index contributed by atoms with van der Waals surface area (Å²) in [6, 6.07) is 8.79. The molecule has 2 N–H and O–H groups in total. The number of hydrogen-bond acceptors (Lipinski definition) is 2. The lowest BCUT2D eigenvalue weighted by atomic mass is 9.79. The number of likely N-dealkylation sites (tertiary alicyclic amines) is 1. The third-order valence-electron chi connectivity index (χ3n) is 5.90. The Kier molecular flexibility index (Phi) is 5.31. The third-order valence-corrected chi connectivity index (χ3v) is 5.90. The van der Waals surface area contributed by atoms with Crippen molar-refractivity contribution >= 4 is 10.9 Å². The lowest BCUT2D eigenvalue weighted by molar-refractivity contribution is 0.155. The maximum absolute atomic E-state index is 6.30. The number of hydrogen-bond donors (Lipinski definition) is 1. The first-order chi connectivity index (χ1) is 11.5. The second-order valence-corrected chi connectivity index (χ2v) is 7.95. The van der Waals surface area contributed by atoms with Gasteiger partial charge >= 0.3 is 0 Å². The van der Waals surface area contributed by atoms with Gasteiger partial charge in [-0.3, -0.25) is 0 Å². The minimum atomic E-state index is 0.484. The van der Waals surface area contributed by atoms with Crippen LogP contribution in [-0.4, -0.2) is 35.6 Å². The highest BCUT2D eigenvalue weighted by atomic mass is 15.1. The normalized spacial score (nSPS) is 18.6. The Morgan fingerprint density at radius 2 is 1.83 bits per heavy atom. The standard InChI is InChI=1S/C21H33N3/c1-15(2)14-24-11-9-17(10-12-24)19(13-22)21-16(3)23(4)20-8-6-5-7-18(20)21/h5-8,15,17,19H,9-14,22H2,1-4H3. The summed E-state index contributed by atoms with van der Waals surface area (Å²) in [5.41, 5.74) is 10.5. The second kappa shape index (κ2) is 7.28. The number of nitrogens with two attached hydrogens (primary N) is 1. The molecule has 1 aliphatic rings. The van der Waals surface area contributed by atoms with Gasteiger partial charge in [0.05, 0.1) is 0 Å². The monoisotopic (exact) mass is 327 g/mol. The Balaban J connectivity index is 1.84. The van der Waals surface area contributed by atoms with Crippen molar-refractivity contribution in [1.82, 2.24) is 9.47 Å². The van der Waals surface area contributed by atoms with Crippen LogP contribution in [0.25, 0.3) is 10.9 Å². The molecule has 0 saturated carbocycles. The van der Waals surface area contributed by atoms with E-state index in [9.17, 15) is 0 Å². The first kappa shape index (κ1) is 17.5. The summed E-state index contributed by atoms with van der Waals surface area (Å²) < 4.78 is 2.33. The first-order valence-corrected chi connectivity index (χ1v) is 9.49. The molecule has 1 unspecified atom stereocenters. The smallest absolute Gasteiger partial charge is 0.0482 e. The zero-order valence-corrected chi connectivity index (χ0v) is 15.8. The van der Waals surface area contributed by atoms with Crippen LogP contribution in [-0.2, 0) is 7.05 Å². The topological polar surface area (TPSA) is 34.2 Å². The number of benzene rings is 1. The van der Waals surface area contributed by atoms with Crippen molar-refractivity contribution in [3.63, 3.8) is 0 Å². The van der Waals surface area contributed by atoms with Crippen LogP contribution in [0, 0.1) is 18.8 Å². The molecule has 24 heavy (non-hydrogen) atoms. The van der Waals surface area contributed by atoms with E-state index in [0.717, 1.165) is 12.5 Å². The largest absolute Gasteiger partial charge is 0.348 e. The number of rotatable bonds is 5. The van der Waals surface area contributed by atoms with E-state index in [-0.39, 0.29) is 0 Å². The molecule has 2 aromatic rings. The summed E-state index contributed by atoms with van der Waals surface area (Å²) in [6.45, 7) is 11.3. The van der Waals surface area contributed by atoms with Crippen LogP contribution < -0.4 is 5.73 Å². The maximum atomic E-state index is 6.30. The SMILES string of the molecule is Cc1c(C(CN)C2CCN(CC(C)C)CC2)c2ccccc2n1C. The molecule has 3 rings (SSSR count). The molecule has 1 fully saturated rings. The molecule has 2 heterocycles. The van der Waals surface area contributed by atoms with E-state index in [0.29, 0.717) is 11.8 Å². The highest BCUT2D eigenvalue weighted by Gasteiger charge is 2.30. The van der Waals surface area contributed by atoms with Crippen molar-refractivity contribution in [2.45, 2.75) is 39.5 Å². The number of aryl methyl sites for hydroxylation is 1. The van der Waals surface area contributed by atoms with Crippen LogP contribution in [0.4, 0.5) is 0 Å². The van der Waals surface area contributed by atoms with Crippen molar-refractivity contribution in [3.8, 4) is 0 Å². The predicted molar refractivity (Wildman–Crippen MR) is 103 cm³/mol. The summed E-state index contributed by atoms with van der Waals surface area (Å²) in [5.74, 6) is 1.95. The number of piperidine rings is 1. The van der Waals surface area contributed by atoms with Crippen molar-refractivity contribution in [1.29, 1.82) is 0 Å². The van der Waals surface area contributed by atoms with E-state index in [1.807, 2.05) is 0 Å². The summed E-state index contributed by atoms with van der Waals surface area (Å²) in [6.07, 6.45) is 2.55. The highest BCUT2D eigenvalue weighted by molar-refractivity contribution is 5.86. The average molecular weight is 328 g/mol. The minimum Gasteiger partial charge on any atom is -0.348 e. The Labute approximate surface area is 146 Å². The molecule has 1 aromatic heterocycles. The summed E-state index contributed by atoms with van der Waals surface area (Å²) in [4.78, 5) is 2.63. The quantitative estimate of drug-likeness (QED) is 0.904. The first-order valence-electron chi connectivity index (χ1n) is 9.49. The Morgan fingerprint density at radius 3 is 2.46 bits per heavy atom. The van der Waals surface area contributed by atoms with Gasteiger partial charge in [-0.15, -0.1) is 0 Å². The van der Waals surface area contributed by atoms with Gasteiger partial charge in [-0.05, 0) is 62.9 Å². The van der Waals surface area contributed by atoms with Gasteiger partial charge in [-0.2, -0.15) is 0 Å². The van der Waals surface area contributed by atoms with E-state index < -0.39 is 0 Å². The van der Waals surface area contributed by atoms with E-state index in [1.165, 1.54) is 54.6 Å². The molecule has 132 valence electrons. The highest BCUT2D eigenvalue weighted by Crippen LogP contribution is 2.38. The zero-order valence-electron chi connectivity index (χ0n) is 15.8. The summed E-state index contributed by atoms with van der Waals surface area (Å²) >= 11 is 0. The van der Waals surface area contributed by atoms with Crippen molar-refractivity contribution in [2.75, 3.05) is 26.2 Å². The molecule has 3 nitrogen and oxygen atoms in total. The van der Waals surface area contributed by atoms with Crippen LogP contribution in [0.3, 0.4) is 0 Å². The minimum absolute atomic E-state index is 0.484. The number of para-hydroxylation sites is 1. The van der Waals surface area contributed by atoms with E-state index in [4.69, 9.17) is 5.73 Å². The molecular formula is C21H33N3. The molecule has 3 heteroatoms. The molecule has 0 spiro atoms. The molecule has 1 aliphatic heterocycles. The fourth-order valence-corrected chi connectivity index (χ4v) is 4.62. The summed E-state index contributed by atoms with van der Waals surface area (Å²) in [7, 11) is 2.18. The van der Waals surface area contributed by atoms with Crippen LogP contribution >= 0.6 is 0 Å². The Morgan fingerprint density at radius 1 is 1.17 bits per heavy atom. The lowest BCUT2D eigenvalue weighted by Gasteiger charge is -2.36. The molecule has 1 atom stereocenters. The second-order valence-electron chi connectivity index (χ2n) is 7.95. The van der Waals surface area contributed by atoms with Crippen LogP contribution in [0.2, 0.25) is 0 Å². The zero-order chi connectivity index (χ0) is 17.3. The number of nitrogens with zero attached hydrogens (tertiary/aromatic N) is 2. The molecule has 1 aromatic carbocycles. The van der Waals surface area contributed by atoms with E-state index in [2.05, 4.69) is 61.6 Å². The van der Waals surface area contributed by atoms with Gasteiger partial charge in [-0.25, -0.2) is 0 Å². The molecule has 0 radical (unpaired) electrons. The van der Waals surface area contributed by atoms with Gasteiger partial charge < -0.3 is 15.2 Å². The van der Waals surface area contributed by atoms with Gasteiger partial charge in [0, 0.05) is 36.1 Å². The fourth-order valence-electron chi connectivity index (χ4n) is 4.62. The third kappa shape index (κ3) is 3.25. The lowest BCUT2D eigenvalue weighted by Crippen LogP contribution is -2.39. The molecule has 1 saturated heterocycles. The van der Waals surface area contributed by atoms with Gasteiger partial charge in [-0.1, -0.05) is 32.0 Å². The summed E-state index contributed by atoms with van der Waals surface area (Å²) in [5, 5.41) is 1.40. The number of aromatic nitrogens is 1. The molecule has 0 bridgehead atoms. The van der Waals surface area contributed by atoms with Gasteiger partial charge in [0.15, 0.2) is 0 Å². The maximum Gasteiger partial charge on any atom is 0.0482 e. The van der Waals surface area contributed by atoms with Crippen LogP contribution in [0.5, 0.6) is 0 Å². The van der Waals surface area contributed by atoms with Crippen molar-refractivity contribution in [2.24, 2.45) is 24.6 Å².